The van der Waals surface area contributed by atoms with E-state index in [4.69, 9.17) is 14.2 Å². The van der Waals surface area contributed by atoms with Crippen LogP contribution >= 0.6 is 0 Å². The second-order valence-electron chi connectivity index (χ2n) is 8.05. The number of amides is 1. The molecular weight excluding hydrogens is 446 g/mol. The van der Waals surface area contributed by atoms with Gasteiger partial charge in [-0.1, -0.05) is 18.2 Å². The Bertz CT molecular complexity index is 1410. The predicted octanol–water partition coefficient (Wildman–Crippen LogP) is 4.03. The number of H-pyrrole nitrogens is 1. The Kier molecular flexibility index (Phi) is 7.01. The van der Waals surface area contributed by atoms with Gasteiger partial charge in [0.1, 0.15) is 35.1 Å². The van der Waals surface area contributed by atoms with Gasteiger partial charge in [-0.3, -0.25) is 9.59 Å². The van der Waals surface area contributed by atoms with Crippen molar-refractivity contribution in [3.8, 4) is 28.6 Å². The summed E-state index contributed by atoms with van der Waals surface area (Å²) in [5, 5.41) is 3.22. The molecule has 0 aliphatic rings. The summed E-state index contributed by atoms with van der Waals surface area (Å²) in [6.45, 7) is 4.56. The lowest BCUT2D eigenvalue weighted by atomic mass is 10.0. The Labute approximate surface area is 202 Å². The minimum absolute atomic E-state index is 0.141. The minimum Gasteiger partial charge on any atom is -0.497 e. The number of carbonyl (C=O) groups is 1. The van der Waals surface area contributed by atoms with E-state index in [2.05, 4.69) is 15.3 Å². The maximum Gasteiger partial charge on any atom is 0.262 e. The van der Waals surface area contributed by atoms with Crippen molar-refractivity contribution < 1.29 is 19.0 Å². The number of nitrogens with one attached hydrogen (secondary N) is 2. The van der Waals surface area contributed by atoms with Crippen molar-refractivity contribution in [1.29, 1.82) is 0 Å². The van der Waals surface area contributed by atoms with Crippen molar-refractivity contribution in [2.24, 2.45) is 0 Å². The Balaban J connectivity index is 1.53. The first-order valence-electron chi connectivity index (χ1n) is 11.1. The Hall–Kier alpha value is -4.33. The second kappa shape index (κ2) is 10.3. The molecule has 0 unspecified atom stereocenters. The van der Waals surface area contributed by atoms with E-state index in [1.807, 2.05) is 44.2 Å². The molecule has 2 N–H and O–H groups in total. The van der Waals surface area contributed by atoms with Crippen LogP contribution in [-0.4, -0.2) is 43.2 Å². The van der Waals surface area contributed by atoms with E-state index in [0.717, 1.165) is 22.4 Å². The summed E-state index contributed by atoms with van der Waals surface area (Å²) in [6.07, 6.45) is 0. The maximum atomic E-state index is 12.8. The first kappa shape index (κ1) is 23.8. The average Bonchev–Trinajstić information content (AvgIpc) is 2.87. The van der Waals surface area contributed by atoms with Gasteiger partial charge in [0, 0.05) is 23.3 Å². The first-order chi connectivity index (χ1) is 16.9. The number of aryl methyl sites for hydroxylation is 2. The third-order valence-electron chi connectivity index (χ3n) is 5.61. The summed E-state index contributed by atoms with van der Waals surface area (Å²) >= 11 is 0. The summed E-state index contributed by atoms with van der Waals surface area (Å²) in [7, 11) is 3.05. The van der Waals surface area contributed by atoms with Crippen LogP contribution in [0.1, 0.15) is 21.5 Å². The molecule has 4 aromatic rings. The lowest BCUT2D eigenvalue weighted by molar-refractivity contribution is 0.0947. The second-order valence-corrected chi connectivity index (χ2v) is 8.05. The van der Waals surface area contributed by atoms with Gasteiger partial charge in [0.2, 0.25) is 0 Å². The lowest BCUT2D eigenvalue weighted by Crippen LogP contribution is -2.28. The van der Waals surface area contributed by atoms with Gasteiger partial charge < -0.3 is 24.5 Å². The largest absolute Gasteiger partial charge is 0.497 e. The molecule has 0 saturated carbocycles. The molecule has 1 heterocycles. The molecule has 35 heavy (non-hydrogen) atoms. The quantitative estimate of drug-likeness (QED) is 0.375. The van der Waals surface area contributed by atoms with Crippen molar-refractivity contribution in [3.05, 3.63) is 81.6 Å². The van der Waals surface area contributed by atoms with Crippen LogP contribution in [0.25, 0.3) is 22.3 Å². The number of ether oxygens (including phenoxy) is 3. The van der Waals surface area contributed by atoms with E-state index < -0.39 is 0 Å². The molecule has 0 spiro atoms. The van der Waals surface area contributed by atoms with E-state index in [1.54, 1.807) is 31.4 Å². The fraction of sp³-hybridized carbons (Fsp3) is 0.222. The first-order valence-corrected chi connectivity index (χ1v) is 11.1. The van der Waals surface area contributed by atoms with Crippen LogP contribution in [0, 0.1) is 13.8 Å². The fourth-order valence-electron chi connectivity index (χ4n) is 3.95. The lowest BCUT2D eigenvalue weighted by Gasteiger charge is -2.15. The number of hydrogen-bond donors (Lipinski definition) is 2. The molecule has 4 rings (SSSR count). The zero-order valence-electron chi connectivity index (χ0n) is 20.1. The SMILES string of the molecule is COc1cc(OC)c2c(=O)[nH]c(-c3cc(C)c(OCCNC(=O)c4ccccc4)c(C)c3)nc2c1. The summed E-state index contributed by atoms with van der Waals surface area (Å²) in [5.41, 5.74) is 3.32. The van der Waals surface area contributed by atoms with Gasteiger partial charge in [-0.05, 0) is 49.2 Å². The topological polar surface area (TPSA) is 103 Å². The summed E-state index contributed by atoms with van der Waals surface area (Å²) in [4.78, 5) is 32.5. The van der Waals surface area contributed by atoms with Gasteiger partial charge in [-0.15, -0.1) is 0 Å². The van der Waals surface area contributed by atoms with Gasteiger partial charge in [0.05, 0.1) is 26.3 Å². The number of benzene rings is 3. The number of aromatic nitrogens is 2. The molecule has 1 amide bonds. The maximum absolute atomic E-state index is 12.8. The molecule has 0 atom stereocenters. The van der Waals surface area contributed by atoms with Crippen LogP contribution in [0.4, 0.5) is 0 Å². The highest BCUT2D eigenvalue weighted by Gasteiger charge is 2.15. The molecule has 0 fully saturated rings. The van der Waals surface area contributed by atoms with Crippen molar-refractivity contribution in [3.63, 3.8) is 0 Å². The third kappa shape index (κ3) is 5.11. The molecule has 0 saturated heterocycles. The van der Waals surface area contributed by atoms with E-state index in [9.17, 15) is 9.59 Å². The molecule has 1 aromatic heterocycles. The van der Waals surface area contributed by atoms with E-state index in [1.165, 1.54) is 7.11 Å². The van der Waals surface area contributed by atoms with E-state index in [-0.39, 0.29) is 11.5 Å². The van der Waals surface area contributed by atoms with Gasteiger partial charge in [-0.2, -0.15) is 0 Å². The number of nitrogens with zero attached hydrogens (tertiary/aromatic N) is 1. The highest BCUT2D eigenvalue weighted by Crippen LogP contribution is 2.31. The van der Waals surface area contributed by atoms with Crippen molar-refractivity contribution in [2.75, 3.05) is 27.4 Å². The summed E-state index contributed by atoms with van der Waals surface area (Å²) < 4.78 is 16.6. The number of aromatic amines is 1. The van der Waals surface area contributed by atoms with Gasteiger partial charge in [0.15, 0.2) is 0 Å². The van der Waals surface area contributed by atoms with E-state index in [0.29, 0.717) is 46.9 Å². The Morgan fingerprint density at radius 2 is 1.71 bits per heavy atom. The number of hydrogen-bond acceptors (Lipinski definition) is 6. The zero-order chi connectivity index (χ0) is 24.9. The molecule has 0 bridgehead atoms. The highest BCUT2D eigenvalue weighted by molar-refractivity contribution is 5.94. The van der Waals surface area contributed by atoms with Crippen molar-refractivity contribution in [2.45, 2.75) is 13.8 Å². The standard InChI is InChI=1S/C27H27N3O5/c1-16-12-19(25-29-21-14-20(33-3)15-22(34-4)23(21)27(32)30-25)13-17(2)24(16)35-11-10-28-26(31)18-8-6-5-7-9-18/h5-9,12-15H,10-11H2,1-4H3,(H,28,31)(H,29,30,32). The highest BCUT2D eigenvalue weighted by atomic mass is 16.5. The van der Waals surface area contributed by atoms with Crippen LogP contribution in [0.5, 0.6) is 17.2 Å². The zero-order valence-corrected chi connectivity index (χ0v) is 20.1. The molecular formula is C27H27N3O5. The van der Waals surface area contributed by atoms with Crippen LogP contribution in [-0.2, 0) is 0 Å². The molecule has 3 aromatic carbocycles. The van der Waals surface area contributed by atoms with Gasteiger partial charge in [-0.25, -0.2) is 4.98 Å². The van der Waals surface area contributed by atoms with Crippen LogP contribution in [0.2, 0.25) is 0 Å². The predicted molar refractivity (Wildman–Crippen MR) is 135 cm³/mol. The fourth-order valence-corrected chi connectivity index (χ4v) is 3.95. The van der Waals surface area contributed by atoms with E-state index >= 15 is 0 Å². The third-order valence-corrected chi connectivity index (χ3v) is 5.61. The summed E-state index contributed by atoms with van der Waals surface area (Å²) in [6, 6.07) is 16.2. The Morgan fingerprint density at radius 1 is 1.00 bits per heavy atom. The molecule has 180 valence electrons. The normalized spacial score (nSPS) is 10.7. The number of rotatable bonds is 8. The summed E-state index contributed by atoms with van der Waals surface area (Å²) in [5.74, 6) is 1.97. The van der Waals surface area contributed by atoms with Crippen LogP contribution in [0.3, 0.4) is 0 Å². The Morgan fingerprint density at radius 3 is 2.37 bits per heavy atom. The number of methoxy groups -OCH3 is 2. The molecule has 8 heteroatoms. The van der Waals surface area contributed by atoms with Gasteiger partial charge >= 0.3 is 0 Å². The number of carbonyl (C=O) groups excluding carboxylic acids is 1. The molecule has 0 radical (unpaired) electrons. The molecule has 0 aliphatic carbocycles. The number of fused-ring (bicyclic) bond motifs is 1. The average molecular weight is 474 g/mol. The molecule has 8 nitrogen and oxygen atoms in total. The smallest absolute Gasteiger partial charge is 0.262 e. The van der Waals surface area contributed by atoms with Crippen molar-refractivity contribution in [1.82, 2.24) is 15.3 Å². The monoisotopic (exact) mass is 473 g/mol. The van der Waals surface area contributed by atoms with Crippen molar-refractivity contribution >= 4 is 16.8 Å². The van der Waals surface area contributed by atoms with Gasteiger partial charge in [0.25, 0.3) is 11.5 Å². The molecule has 0 aliphatic heterocycles. The minimum atomic E-state index is -0.297. The van der Waals surface area contributed by atoms with Crippen LogP contribution in [0.15, 0.2) is 59.4 Å². The van der Waals surface area contributed by atoms with Crippen LogP contribution < -0.4 is 25.1 Å².